The smallest absolute Gasteiger partial charge is 0.264 e. The summed E-state index contributed by atoms with van der Waals surface area (Å²) in [6.07, 6.45) is 2.35. The molecule has 0 unspecified atom stereocenters. The number of hydrogen-bond donors (Lipinski definition) is 2. The largest absolute Gasteiger partial charge is 0.325 e. The summed E-state index contributed by atoms with van der Waals surface area (Å²) < 4.78 is 27.1. The third-order valence-corrected chi connectivity index (χ3v) is 7.25. The minimum Gasteiger partial charge on any atom is -0.325 e. The van der Waals surface area contributed by atoms with Gasteiger partial charge in [-0.2, -0.15) is 0 Å². The summed E-state index contributed by atoms with van der Waals surface area (Å²) in [5, 5.41) is 6.00. The lowest BCUT2D eigenvalue weighted by molar-refractivity contribution is -0.115. The molecule has 1 amide bonds. The fraction of sp³-hybridized carbons (Fsp3) is 0.409. The van der Waals surface area contributed by atoms with Crippen LogP contribution in [0.5, 0.6) is 0 Å². The van der Waals surface area contributed by atoms with Crippen LogP contribution in [0.2, 0.25) is 0 Å². The van der Waals surface area contributed by atoms with Crippen LogP contribution in [0.1, 0.15) is 19.8 Å². The van der Waals surface area contributed by atoms with E-state index in [0.717, 1.165) is 26.1 Å². The van der Waals surface area contributed by atoms with Gasteiger partial charge in [0.2, 0.25) is 5.91 Å². The lowest BCUT2D eigenvalue weighted by atomic mass is 10.2. The van der Waals surface area contributed by atoms with Gasteiger partial charge in [-0.15, -0.1) is 0 Å². The summed E-state index contributed by atoms with van der Waals surface area (Å²) in [5.74, 6) is -0.193. The molecule has 0 aromatic heterocycles. The van der Waals surface area contributed by atoms with E-state index >= 15 is 0 Å². The van der Waals surface area contributed by atoms with E-state index in [2.05, 4.69) is 22.5 Å². The molecule has 0 saturated carbocycles. The second kappa shape index (κ2) is 10.1. The Morgan fingerprint density at radius 3 is 2.67 bits per heavy atom. The zero-order chi connectivity index (χ0) is 21.6. The molecule has 2 aromatic carbocycles. The van der Waals surface area contributed by atoms with E-state index in [1.165, 1.54) is 29.9 Å². The number of rotatable bonds is 9. The Morgan fingerprint density at radius 2 is 1.93 bits per heavy atom. The number of nitrogens with one attached hydrogen (secondary N) is 2. The summed E-state index contributed by atoms with van der Waals surface area (Å²) in [5.41, 5.74) is 1.03. The minimum absolute atomic E-state index is 0.129. The Bertz CT molecular complexity index is 950. The van der Waals surface area contributed by atoms with Crippen molar-refractivity contribution < 1.29 is 13.2 Å². The summed E-state index contributed by atoms with van der Waals surface area (Å²) in [6.45, 7) is 5.26. The number of para-hydroxylation sites is 1. The van der Waals surface area contributed by atoms with Gasteiger partial charge in [-0.05, 0) is 56.3 Å². The molecule has 2 aromatic rings. The van der Waals surface area contributed by atoms with Crippen molar-refractivity contribution in [2.45, 2.75) is 30.7 Å². The molecule has 7 nitrogen and oxygen atoms in total. The van der Waals surface area contributed by atoms with Gasteiger partial charge >= 0.3 is 0 Å². The number of anilines is 2. The van der Waals surface area contributed by atoms with Crippen LogP contribution in [0.4, 0.5) is 11.4 Å². The van der Waals surface area contributed by atoms with Crippen LogP contribution in [0, 0.1) is 0 Å². The van der Waals surface area contributed by atoms with Crippen LogP contribution >= 0.6 is 0 Å². The molecule has 1 fully saturated rings. The number of benzene rings is 2. The Kier molecular flexibility index (Phi) is 7.47. The summed E-state index contributed by atoms with van der Waals surface area (Å²) in [6, 6.07) is 15.7. The van der Waals surface area contributed by atoms with Gasteiger partial charge in [0, 0.05) is 25.3 Å². The molecule has 8 heteroatoms. The number of sulfonamides is 1. The highest BCUT2D eigenvalue weighted by atomic mass is 32.2. The number of likely N-dealkylation sites (tertiary alicyclic amines) is 1. The number of likely N-dealkylation sites (N-methyl/N-ethyl adjacent to an activating group) is 1. The summed E-state index contributed by atoms with van der Waals surface area (Å²) >= 11 is 0. The number of nitrogens with zero attached hydrogens (tertiary/aromatic N) is 2. The molecular formula is C22H30N4O3S. The quantitative estimate of drug-likeness (QED) is 0.639. The maximum Gasteiger partial charge on any atom is 0.264 e. The fourth-order valence-corrected chi connectivity index (χ4v) is 5.01. The van der Waals surface area contributed by atoms with Crippen LogP contribution in [-0.4, -0.2) is 58.5 Å². The van der Waals surface area contributed by atoms with Gasteiger partial charge in [0.1, 0.15) is 0 Å². The normalized spacial score (nSPS) is 17.1. The first-order valence-corrected chi connectivity index (χ1v) is 11.7. The van der Waals surface area contributed by atoms with Crippen molar-refractivity contribution in [3.8, 4) is 0 Å². The molecule has 0 aliphatic carbocycles. The van der Waals surface area contributed by atoms with E-state index in [1.807, 2.05) is 6.07 Å². The molecule has 0 bridgehead atoms. The van der Waals surface area contributed by atoms with E-state index < -0.39 is 10.0 Å². The molecule has 1 aliphatic rings. The van der Waals surface area contributed by atoms with Gasteiger partial charge in [-0.25, -0.2) is 8.42 Å². The second-order valence-electron chi connectivity index (χ2n) is 7.44. The first-order valence-electron chi connectivity index (χ1n) is 10.3. The predicted molar refractivity (Wildman–Crippen MR) is 120 cm³/mol. The zero-order valence-electron chi connectivity index (χ0n) is 17.5. The molecule has 1 heterocycles. The molecule has 3 rings (SSSR count). The molecular weight excluding hydrogens is 400 g/mol. The average Bonchev–Trinajstić information content (AvgIpc) is 3.21. The van der Waals surface area contributed by atoms with Crippen LogP contribution in [0.3, 0.4) is 0 Å². The SMILES string of the molecule is CCN1CCC[C@@H]1CNCC(=O)Nc1cccc(S(=O)(=O)N(C)c2ccccc2)c1. The first kappa shape index (κ1) is 22.3. The Labute approximate surface area is 179 Å². The van der Waals surface area contributed by atoms with Gasteiger partial charge in [0.15, 0.2) is 0 Å². The van der Waals surface area contributed by atoms with E-state index in [4.69, 9.17) is 0 Å². The highest BCUT2D eigenvalue weighted by molar-refractivity contribution is 7.92. The molecule has 2 N–H and O–H groups in total. The van der Waals surface area contributed by atoms with Gasteiger partial charge in [-0.3, -0.25) is 14.0 Å². The Hall–Kier alpha value is -2.42. The Morgan fingerprint density at radius 1 is 1.17 bits per heavy atom. The molecule has 1 aliphatic heterocycles. The van der Waals surface area contributed by atoms with Crippen LogP contribution in [0.15, 0.2) is 59.5 Å². The number of amides is 1. The number of carbonyl (C=O) groups is 1. The summed E-state index contributed by atoms with van der Waals surface area (Å²) in [4.78, 5) is 14.9. The monoisotopic (exact) mass is 430 g/mol. The van der Waals surface area contributed by atoms with Crippen molar-refractivity contribution in [1.82, 2.24) is 10.2 Å². The average molecular weight is 431 g/mol. The first-order chi connectivity index (χ1) is 14.4. The van der Waals surface area contributed by atoms with Crippen molar-refractivity contribution in [2.24, 2.45) is 0 Å². The number of carbonyl (C=O) groups excluding carboxylic acids is 1. The van der Waals surface area contributed by atoms with Gasteiger partial charge < -0.3 is 10.6 Å². The summed E-state index contributed by atoms with van der Waals surface area (Å²) in [7, 11) is -2.21. The van der Waals surface area contributed by atoms with E-state index in [9.17, 15) is 13.2 Å². The van der Waals surface area contributed by atoms with Crippen LogP contribution in [-0.2, 0) is 14.8 Å². The predicted octanol–water partition coefficient (Wildman–Crippen LogP) is 2.52. The second-order valence-corrected chi connectivity index (χ2v) is 9.41. The van der Waals surface area contributed by atoms with Gasteiger partial charge in [0.25, 0.3) is 10.0 Å². The molecule has 1 saturated heterocycles. The lowest BCUT2D eigenvalue weighted by Crippen LogP contribution is -2.40. The standard InChI is InChI=1S/C22H30N4O3S/c1-3-26-14-8-12-20(26)16-23-17-22(27)24-18-9-7-13-21(15-18)30(28,29)25(2)19-10-5-4-6-11-19/h4-7,9-11,13,15,20,23H,3,8,12,14,16-17H2,1-2H3,(H,24,27)/t20-/m1/s1. The zero-order valence-corrected chi connectivity index (χ0v) is 18.4. The van der Waals surface area contributed by atoms with Crippen LogP contribution < -0.4 is 14.9 Å². The molecule has 0 spiro atoms. The fourth-order valence-electron chi connectivity index (χ4n) is 3.77. The molecule has 1 atom stereocenters. The molecule has 30 heavy (non-hydrogen) atoms. The van der Waals surface area contributed by atoms with Gasteiger partial charge in [0.05, 0.1) is 17.1 Å². The third kappa shape index (κ3) is 5.38. The third-order valence-electron chi connectivity index (χ3n) is 5.47. The molecule has 0 radical (unpaired) electrons. The maximum atomic E-state index is 12.9. The molecule has 162 valence electrons. The maximum absolute atomic E-state index is 12.9. The highest BCUT2D eigenvalue weighted by Gasteiger charge is 2.23. The van der Waals surface area contributed by atoms with E-state index in [0.29, 0.717) is 17.4 Å². The van der Waals surface area contributed by atoms with Crippen molar-refractivity contribution >= 4 is 27.3 Å². The van der Waals surface area contributed by atoms with Crippen molar-refractivity contribution in [3.05, 3.63) is 54.6 Å². The van der Waals surface area contributed by atoms with Crippen molar-refractivity contribution in [2.75, 3.05) is 42.8 Å². The van der Waals surface area contributed by atoms with Crippen LogP contribution in [0.25, 0.3) is 0 Å². The topological polar surface area (TPSA) is 81.8 Å². The van der Waals surface area contributed by atoms with E-state index in [1.54, 1.807) is 36.4 Å². The minimum atomic E-state index is -3.73. The van der Waals surface area contributed by atoms with Crippen molar-refractivity contribution in [1.29, 1.82) is 0 Å². The Balaban J connectivity index is 1.59. The number of hydrogen-bond acceptors (Lipinski definition) is 5. The van der Waals surface area contributed by atoms with E-state index in [-0.39, 0.29) is 17.3 Å². The lowest BCUT2D eigenvalue weighted by Gasteiger charge is -2.22. The highest BCUT2D eigenvalue weighted by Crippen LogP contribution is 2.23. The van der Waals surface area contributed by atoms with Crippen molar-refractivity contribution in [3.63, 3.8) is 0 Å². The van der Waals surface area contributed by atoms with Gasteiger partial charge in [-0.1, -0.05) is 31.2 Å².